The van der Waals surface area contributed by atoms with E-state index in [0.29, 0.717) is 6.04 Å². The molecule has 14 heavy (non-hydrogen) atoms. The number of carbonyl (C=O) groups excluding carboxylic acids is 1. The predicted molar refractivity (Wildman–Crippen MR) is 52.7 cm³/mol. The molecule has 1 aliphatic carbocycles. The summed E-state index contributed by atoms with van der Waals surface area (Å²) in [6.45, 7) is 2.04. The van der Waals surface area contributed by atoms with Gasteiger partial charge in [0, 0.05) is 6.04 Å². The lowest BCUT2D eigenvalue weighted by atomic mass is 10.1. The van der Waals surface area contributed by atoms with Crippen molar-refractivity contribution in [3.05, 3.63) is 0 Å². The molecule has 1 amide bonds. The number of amides is 1. The Labute approximate surface area is 84.2 Å². The molecule has 4 nitrogen and oxygen atoms in total. The summed E-state index contributed by atoms with van der Waals surface area (Å²) in [5, 5.41) is 3.25. The summed E-state index contributed by atoms with van der Waals surface area (Å²) < 4.78 is 5.65. The fourth-order valence-corrected chi connectivity index (χ4v) is 1.96. The molecule has 0 aromatic heterocycles. The summed E-state index contributed by atoms with van der Waals surface area (Å²) in [4.78, 5) is 11.2. The van der Waals surface area contributed by atoms with E-state index in [1.807, 2.05) is 6.92 Å². The van der Waals surface area contributed by atoms with Crippen LogP contribution in [-0.4, -0.2) is 30.2 Å². The molecule has 0 bridgehead atoms. The Morgan fingerprint density at radius 1 is 1.43 bits per heavy atom. The maximum Gasteiger partial charge on any atom is 0.237 e. The average Bonchev–Trinajstić information content (AvgIpc) is 2.84. The Morgan fingerprint density at radius 2 is 2.14 bits per heavy atom. The largest absolute Gasteiger partial charge is 0.373 e. The molecule has 0 radical (unpaired) electrons. The second kappa shape index (κ2) is 3.87. The van der Waals surface area contributed by atoms with Gasteiger partial charge in [0.25, 0.3) is 0 Å². The number of nitrogens with one attached hydrogen (secondary N) is 1. The van der Waals surface area contributed by atoms with Gasteiger partial charge in [-0.3, -0.25) is 4.79 Å². The second-order valence-corrected chi connectivity index (χ2v) is 4.38. The summed E-state index contributed by atoms with van der Waals surface area (Å²) in [6.07, 6.45) is 4.54. The van der Waals surface area contributed by atoms with Gasteiger partial charge in [0.05, 0.1) is 12.2 Å². The van der Waals surface area contributed by atoms with E-state index < -0.39 is 0 Å². The van der Waals surface area contributed by atoms with Gasteiger partial charge in [-0.25, -0.2) is 0 Å². The van der Waals surface area contributed by atoms with Gasteiger partial charge in [-0.05, 0) is 32.6 Å². The molecule has 4 heteroatoms. The van der Waals surface area contributed by atoms with Crippen LogP contribution in [0.4, 0.5) is 0 Å². The van der Waals surface area contributed by atoms with Crippen molar-refractivity contribution in [2.75, 3.05) is 0 Å². The fraction of sp³-hybridized carbons (Fsp3) is 0.900. The summed E-state index contributed by atoms with van der Waals surface area (Å²) in [7, 11) is 0. The van der Waals surface area contributed by atoms with E-state index in [1.165, 1.54) is 0 Å². The third-order valence-corrected chi connectivity index (χ3v) is 2.94. The number of hydrogen-bond donors (Lipinski definition) is 2. The van der Waals surface area contributed by atoms with Crippen LogP contribution in [0, 0.1) is 0 Å². The quantitative estimate of drug-likeness (QED) is 0.676. The van der Waals surface area contributed by atoms with Crippen molar-refractivity contribution in [2.24, 2.45) is 5.73 Å². The second-order valence-electron chi connectivity index (χ2n) is 4.38. The summed E-state index contributed by atoms with van der Waals surface area (Å²) in [6, 6.07) is 0.208. The Balaban J connectivity index is 1.91. The standard InChI is InChI=1S/C10H18N2O2/c1-6-2-5-8(14-6)9(10(11)13)12-7-3-4-7/h6-9,12H,2-5H2,1H3,(H2,11,13). The molecule has 1 saturated carbocycles. The predicted octanol–water partition coefficient (Wildman–Crippen LogP) is 0.160. The van der Waals surface area contributed by atoms with Crippen LogP contribution in [-0.2, 0) is 9.53 Å². The Hall–Kier alpha value is -0.610. The fourth-order valence-electron chi connectivity index (χ4n) is 1.96. The molecule has 80 valence electrons. The number of ether oxygens (including phenoxy) is 1. The van der Waals surface area contributed by atoms with Crippen LogP contribution < -0.4 is 11.1 Å². The highest BCUT2D eigenvalue weighted by atomic mass is 16.5. The Morgan fingerprint density at radius 3 is 2.57 bits per heavy atom. The van der Waals surface area contributed by atoms with Crippen LogP contribution in [0.5, 0.6) is 0 Å². The summed E-state index contributed by atoms with van der Waals surface area (Å²) in [5.74, 6) is -0.281. The van der Waals surface area contributed by atoms with E-state index in [4.69, 9.17) is 10.5 Å². The molecular weight excluding hydrogens is 180 g/mol. The van der Waals surface area contributed by atoms with E-state index in [0.717, 1.165) is 25.7 Å². The summed E-state index contributed by atoms with van der Waals surface area (Å²) in [5.41, 5.74) is 5.36. The Kier molecular flexibility index (Phi) is 2.74. The van der Waals surface area contributed by atoms with Crippen LogP contribution in [0.15, 0.2) is 0 Å². The van der Waals surface area contributed by atoms with E-state index in [1.54, 1.807) is 0 Å². The van der Waals surface area contributed by atoms with Crippen LogP contribution in [0.2, 0.25) is 0 Å². The van der Waals surface area contributed by atoms with E-state index in [2.05, 4.69) is 5.32 Å². The van der Waals surface area contributed by atoms with Gasteiger partial charge < -0.3 is 15.8 Å². The molecule has 1 saturated heterocycles. The zero-order valence-electron chi connectivity index (χ0n) is 8.53. The van der Waals surface area contributed by atoms with Gasteiger partial charge in [0.1, 0.15) is 6.04 Å². The van der Waals surface area contributed by atoms with Crippen LogP contribution in [0.3, 0.4) is 0 Å². The minimum atomic E-state index is -0.285. The minimum Gasteiger partial charge on any atom is -0.373 e. The van der Waals surface area contributed by atoms with Gasteiger partial charge in [-0.1, -0.05) is 0 Å². The highest BCUT2D eigenvalue weighted by Gasteiger charge is 2.36. The van der Waals surface area contributed by atoms with E-state index >= 15 is 0 Å². The van der Waals surface area contributed by atoms with Gasteiger partial charge in [0.15, 0.2) is 0 Å². The molecule has 0 spiro atoms. The maximum absolute atomic E-state index is 11.2. The molecule has 2 rings (SSSR count). The van der Waals surface area contributed by atoms with Crippen molar-refractivity contribution in [1.82, 2.24) is 5.32 Å². The number of nitrogens with two attached hydrogens (primary N) is 1. The zero-order valence-corrected chi connectivity index (χ0v) is 8.53. The molecule has 3 atom stereocenters. The molecule has 3 N–H and O–H groups in total. The third-order valence-electron chi connectivity index (χ3n) is 2.94. The SMILES string of the molecule is CC1CCC(C(NC2CC2)C(N)=O)O1. The van der Waals surface area contributed by atoms with Gasteiger partial charge in [0.2, 0.25) is 5.91 Å². The molecular formula is C10H18N2O2. The van der Waals surface area contributed by atoms with Crippen molar-refractivity contribution >= 4 is 5.91 Å². The van der Waals surface area contributed by atoms with Gasteiger partial charge in [-0.15, -0.1) is 0 Å². The first-order valence-corrected chi connectivity index (χ1v) is 5.37. The number of hydrogen-bond acceptors (Lipinski definition) is 3. The van der Waals surface area contributed by atoms with E-state index in [-0.39, 0.29) is 24.2 Å². The van der Waals surface area contributed by atoms with Crippen LogP contribution >= 0.6 is 0 Å². The van der Waals surface area contributed by atoms with Crippen molar-refractivity contribution in [2.45, 2.75) is 56.9 Å². The topological polar surface area (TPSA) is 64.3 Å². The average molecular weight is 198 g/mol. The van der Waals surface area contributed by atoms with Crippen molar-refractivity contribution in [3.8, 4) is 0 Å². The first kappa shape index (κ1) is 9.93. The lowest BCUT2D eigenvalue weighted by molar-refractivity contribution is -0.123. The van der Waals surface area contributed by atoms with E-state index in [9.17, 15) is 4.79 Å². The number of rotatable bonds is 4. The number of carbonyl (C=O) groups is 1. The lowest BCUT2D eigenvalue weighted by Gasteiger charge is -2.21. The van der Waals surface area contributed by atoms with Crippen LogP contribution in [0.1, 0.15) is 32.6 Å². The molecule has 0 aromatic carbocycles. The van der Waals surface area contributed by atoms with Gasteiger partial charge in [-0.2, -0.15) is 0 Å². The lowest BCUT2D eigenvalue weighted by Crippen LogP contribution is -2.50. The minimum absolute atomic E-state index is 0.0110. The normalized spacial score (nSPS) is 34.4. The molecule has 1 aliphatic heterocycles. The first-order valence-electron chi connectivity index (χ1n) is 5.37. The molecule has 0 aromatic rings. The first-order chi connectivity index (χ1) is 6.66. The van der Waals surface area contributed by atoms with Gasteiger partial charge >= 0.3 is 0 Å². The molecule has 2 fully saturated rings. The molecule has 2 aliphatic rings. The monoisotopic (exact) mass is 198 g/mol. The highest BCUT2D eigenvalue weighted by Crippen LogP contribution is 2.25. The Bertz CT molecular complexity index is 228. The van der Waals surface area contributed by atoms with Crippen molar-refractivity contribution in [1.29, 1.82) is 0 Å². The maximum atomic E-state index is 11.2. The number of primary amides is 1. The van der Waals surface area contributed by atoms with Crippen molar-refractivity contribution in [3.63, 3.8) is 0 Å². The van der Waals surface area contributed by atoms with Crippen molar-refractivity contribution < 1.29 is 9.53 Å². The molecule has 1 heterocycles. The smallest absolute Gasteiger partial charge is 0.237 e. The van der Waals surface area contributed by atoms with Crippen LogP contribution in [0.25, 0.3) is 0 Å². The zero-order chi connectivity index (χ0) is 10.1. The highest BCUT2D eigenvalue weighted by molar-refractivity contribution is 5.80. The summed E-state index contributed by atoms with van der Waals surface area (Å²) >= 11 is 0. The third kappa shape index (κ3) is 2.25. The molecule has 3 unspecified atom stereocenters.